The van der Waals surface area contributed by atoms with E-state index in [9.17, 15) is 15.3 Å². The number of rotatable bonds is 10. The summed E-state index contributed by atoms with van der Waals surface area (Å²) in [6.45, 7) is 24.0. The third-order valence-electron chi connectivity index (χ3n) is 14.2. The van der Waals surface area contributed by atoms with E-state index in [1.165, 1.54) is 15.9 Å². The first-order chi connectivity index (χ1) is 30.9. The summed E-state index contributed by atoms with van der Waals surface area (Å²) in [6.07, 6.45) is -4.10. The molecule has 2 bridgehead atoms. The smallest absolute Gasteiger partial charge is 0.261 e. The van der Waals surface area contributed by atoms with E-state index in [0.29, 0.717) is 6.61 Å². The molecule has 4 unspecified atom stereocenters. The third-order valence-corrected chi connectivity index (χ3v) is 24.3. The Morgan fingerprint density at radius 1 is 0.569 bits per heavy atom. The molecular weight excluding hydrogens is 845 g/mol. The lowest BCUT2D eigenvalue weighted by molar-refractivity contribution is -0.204. The molecule has 0 spiro atoms. The summed E-state index contributed by atoms with van der Waals surface area (Å²) in [5, 5.41) is 37.4. The molecule has 0 aliphatic carbocycles. The predicted molar refractivity (Wildman–Crippen MR) is 265 cm³/mol. The van der Waals surface area contributed by atoms with Crippen molar-refractivity contribution in [3.63, 3.8) is 0 Å². The van der Waals surface area contributed by atoms with Crippen molar-refractivity contribution in [3.05, 3.63) is 156 Å². The molecule has 0 saturated carbocycles. The van der Waals surface area contributed by atoms with Gasteiger partial charge < -0.3 is 38.4 Å². The first-order valence-electron chi connectivity index (χ1n) is 23.4. The minimum Gasteiger partial charge on any atom is -0.399 e. The van der Waals surface area contributed by atoms with Gasteiger partial charge in [0.15, 0.2) is 6.29 Å². The van der Waals surface area contributed by atoms with E-state index in [4.69, 9.17) is 23.1 Å². The number of fused-ring (bicyclic) bond motifs is 2. The lowest BCUT2D eigenvalue weighted by Crippen LogP contribution is -2.70. The van der Waals surface area contributed by atoms with E-state index < -0.39 is 59.5 Å². The molecule has 10 heteroatoms. The molecule has 3 fully saturated rings. The zero-order valence-electron chi connectivity index (χ0n) is 40.3. The van der Waals surface area contributed by atoms with Crippen LogP contribution in [0.4, 0.5) is 0 Å². The fraction of sp³-hybridized carbons (Fsp3) is 0.455. The van der Waals surface area contributed by atoms with Crippen molar-refractivity contribution in [3.8, 4) is 0 Å². The first-order valence-corrected chi connectivity index (χ1v) is 27.2. The summed E-state index contributed by atoms with van der Waals surface area (Å²) >= 11 is 0. The van der Waals surface area contributed by atoms with Crippen molar-refractivity contribution in [2.24, 2.45) is 11.8 Å². The van der Waals surface area contributed by atoms with E-state index in [1.807, 2.05) is 38.1 Å². The Bertz CT molecular complexity index is 2200. The summed E-state index contributed by atoms with van der Waals surface area (Å²) in [5.41, 5.74) is 4.44. The second kappa shape index (κ2) is 19.8. The van der Waals surface area contributed by atoms with Crippen LogP contribution in [0.15, 0.2) is 133 Å². The monoisotopic (exact) mass is 916 g/mol. The molecule has 348 valence electrons. The Hall–Kier alpha value is -3.79. The number of benzene rings is 5. The van der Waals surface area contributed by atoms with Crippen LogP contribution in [-0.2, 0) is 23.1 Å². The van der Waals surface area contributed by atoms with Crippen LogP contribution in [0, 0.1) is 32.6 Å². The van der Waals surface area contributed by atoms with Crippen LogP contribution in [0.2, 0.25) is 10.1 Å². The van der Waals surface area contributed by atoms with Gasteiger partial charge >= 0.3 is 0 Å². The zero-order valence-corrected chi connectivity index (χ0v) is 42.3. The second-order valence-corrected chi connectivity index (χ2v) is 29.2. The standard InChI is InChI=1S/C32H42O4Si.C23H30O4Si/c1-21-18-22(2)28(23(3)19-21)30-31(29(34)24(4)27(20-33)35-30)36-37(32(5,6)7,25-14-10-8-11-15-25)26-16-12-9-13-17-26;1-16-19-15-25-22(26-19)21(20(16)24)27-28(23(2,3)4,17-11-7-5-8-12-17)18-13-9-6-10-14-18/h8-19,24,27,29-31,33-34H,20H2,1-7H3;5-14,16,19-22,24H,15H2,1-4H3/t24?,27-,29+,30+,31?;16?,19-,20+,21?,22-/m11/s1. The van der Waals surface area contributed by atoms with Crippen molar-refractivity contribution < 1.29 is 38.4 Å². The van der Waals surface area contributed by atoms with Crippen molar-refractivity contribution in [1.82, 2.24) is 0 Å². The fourth-order valence-electron chi connectivity index (χ4n) is 10.8. The number of aliphatic hydroxyl groups is 3. The van der Waals surface area contributed by atoms with Crippen molar-refractivity contribution in [2.75, 3.05) is 13.2 Å². The second-order valence-electron chi connectivity index (χ2n) is 20.7. The summed E-state index contributed by atoms with van der Waals surface area (Å²) in [6, 6.07) is 46.2. The average Bonchev–Trinajstić information content (AvgIpc) is 3.74. The van der Waals surface area contributed by atoms with E-state index >= 15 is 0 Å². The van der Waals surface area contributed by atoms with Crippen molar-refractivity contribution in [2.45, 2.75) is 135 Å². The maximum atomic E-state index is 11.8. The van der Waals surface area contributed by atoms with Gasteiger partial charge in [-0.1, -0.05) is 194 Å². The molecule has 8 nitrogen and oxygen atoms in total. The molecule has 3 N–H and O–H groups in total. The molecule has 0 amide bonds. The Morgan fingerprint density at radius 2 is 0.954 bits per heavy atom. The van der Waals surface area contributed by atoms with Gasteiger partial charge in [-0.3, -0.25) is 0 Å². The van der Waals surface area contributed by atoms with Gasteiger partial charge in [-0.2, -0.15) is 0 Å². The molecule has 5 aromatic carbocycles. The summed E-state index contributed by atoms with van der Waals surface area (Å²) in [5.74, 6) is -0.308. The average molecular weight is 917 g/mol. The van der Waals surface area contributed by atoms with E-state index in [1.54, 1.807) is 0 Å². The van der Waals surface area contributed by atoms with Crippen molar-refractivity contribution >= 4 is 37.4 Å². The number of aliphatic hydroxyl groups excluding tert-OH is 3. The van der Waals surface area contributed by atoms with Crippen molar-refractivity contribution in [1.29, 1.82) is 0 Å². The van der Waals surface area contributed by atoms with E-state index in [-0.39, 0.29) is 34.6 Å². The zero-order chi connectivity index (χ0) is 46.9. The minimum absolute atomic E-state index is 0.0260. The van der Waals surface area contributed by atoms with Crippen LogP contribution in [0.5, 0.6) is 0 Å². The number of aryl methyl sites for hydroxylation is 3. The van der Waals surface area contributed by atoms with Gasteiger partial charge in [0.2, 0.25) is 0 Å². The van der Waals surface area contributed by atoms with Crippen LogP contribution in [0.1, 0.15) is 83.7 Å². The highest BCUT2D eigenvalue weighted by molar-refractivity contribution is 7.00. The van der Waals surface area contributed by atoms with Gasteiger partial charge in [0, 0.05) is 11.8 Å². The number of hydrogen-bond donors (Lipinski definition) is 3. The fourth-order valence-corrected chi connectivity index (χ4v) is 20.1. The van der Waals surface area contributed by atoms with Crippen LogP contribution in [0.25, 0.3) is 0 Å². The first kappa shape index (κ1) is 49.1. The molecule has 10 atom stereocenters. The summed E-state index contributed by atoms with van der Waals surface area (Å²) in [4.78, 5) is 0. The molecule has 8 rings (SSSR count). The molecule has 3 aliphatic heterocycles. The van der Waals surface area contributed by atoms with Crippen LogP contribution in [-0.4, -0.2) is 88.1 Å². The van der Waals surface area contributed by atoms with E-state index in [2.05, 4.69) is 172 Å². The van der Waals surface area contributed by atoms with E-state index in [0.717, 1.165) is 27.1 Å². The Kier molecular flexibility index (Phi) is 15.0. The topological polar surface area (TPSA) is 107 Å². The lowest BCUT2D eigenvalue weighted by atomic mass is 9.83. The summed E-state index contributed by atoms with van der Waals surface area (Å²) in [7, 11) is -5.73. The van der Waals surface area contributed by atoms with Gasteiger partial charge in [0.1, 0.15) is 18.3 Å². The van der Waals surface area contributed by atoms with Gasteiger partial charge in [0.05, 0.1) is 37.6 Å². The largest absolute Gasteiger partial charge is 0.399 e. The Morgan fingerprint density at radius 3 is 1.34 bits per heavy atom. The molecule has 3 heterocycles. The maximum absolute atomic E-state index is 11.8. The third kappa shape index (κ3) is 9.42. The molecule has 3 saturated heterocycles. The molecule has 3 aliphatic rings. The number of hydrogen-bond acceptors (Lipinski definition) is 8. The van der Waals surface area contributed by atoms with Crippen LogP contribution < -0.4 is 20.7 Å². The summed E-state index contributed by atoms with van der Waals surface area (Å²) < 4.78 is 33.1. The van der Waals surface area contributed by atoms with Gasteiger partial charge in [0.25, 0.3) is 16.6 Å². The highest BCUT2D eigenvalue weighted by Crippen LogP contribution is 2.46. The molecule has 0 aromatic heterocycles. The molecule has 5 aromatic rings. The molecule has 65 heavy (non-hydrogen) atoms. The SMILES string of the molecule is CC1[C@H](O)C(O[Si](c2ccccc2)(c2ccccc2)C(C)(C)C)[C@@H]2OC[C@H]1O2.Cc1cc(C)c([C@@H]2O[C@H](CO)C(C)[C@H](O)C2O[Si](c2ccccc2)(c2ccccc2)C(C)(C)C)c(C)c1. The highest BCUT2D eigenvalue weighted by Gasteiger charge is 2.58. The van der Waals surface area contributed by atoms with Gasteiger partial charge in [-0.05, 0) is 68.3 Å². The quantitative estimate of drug-likeness (QED) is 0.123. The Balaban J connectivity index is 0.000000201. The van der Waals surface area contributed by atoms with Crippen LogP contribution in [0.3, 0.4) is 0 Å². The predicted octanol–water partition coefficient (Wildman–Crippen LogP) is 7.67. The minimum atomic E-state index is -2.96. The lowest BCUT2D eigenvalue weighted by Gasteiger charge is -2.51. The highest BCUT2D eigenvalue weighted by atomic mass is 28.4. The Labute approximate surface area is 390 Å². The number of ether oxygens (including phenoxy) is 3. The van der Waals surface area contributed by atoms with Gasteiger partial charge in [-0.15, -0.1) is 0 Å². The molecule has 0 radical (unpaired) electrons. The maximum Gasteiger partial charge on any atom is 0.261 e. The van der Waals surface area contributed by atoms with Gasteiger partial charge in [-0.25, -0.2) is 0 Å². The molecular formula is C55H72O8Si2. The van der Waals surface area contributed by atoms with Crippen LogP contribution >= 0.6 is 0 Å². The normalized spacial score (nSPS) is 27.2.